The molecule has 2 aromatic heterocycles. The van der Waals surface area contributed by atoms with Gasteiger partial charge in [0.2, 0.25) is 5.95 Å². The van der Waals surface area contributed by atoms with Crippen LogP contribution in [0.25, 0.3) is 11.4 Å². The summed E-state index contributed by atoms with van der Waals surface area (Å²) >= 11 is 6.30. The summed E-state index contributed by atoms with van der Waals surface area (Å²) in [6, 6.07) is 14.2. The predicted octanol–water partition coefficient (Wildman–Crippen LogP) is 5.00. The fourth-order valence-corrected chi connectivity index (χ4v) is 4.66. The number of nitrogens with zero attached hydrogens (tertiary/aromatic N) is 4. The maximum Gasteiger partial charge on any atom is 0.255 e. The van der Waals surface area contributed by atoms with Crippen LogP contribution in [0.2, 0.25) is 5.02 Å². The molecule has 1 atom stereocenters. The van der Waals surface area contributed by atoms with Crippen LogP contribution in [0.3, 0.4) is 0 Å². The summed E-state index contributed by atoms with van der Waals surface area (Å²) in [6.07, 6.45) is 3.38. The second kappa shape index (κ2) is 9.25. The van der Waals surface area contributed by atoms with Gasteiger partial charge in [-0.25, -0.2) is 4.68 Å². The van der Waals surface area contributed by atoms with Crippen molar-refractivity contribution in [3.63, 3.8) is 0 Å². The number of fused-ring (bicyclic) bond motifs is 2. The molecule has 0 radical (unpaired) electrons. The molecule has 4 heterocycles. The second-order valence-corrected chi connectivity index (χ2v) is 9.23. The number of anilines is 2. The largest absolute Gasteiger partial charge is 0.486 e. The molecule has 0 aliphatic carbocycles. The SMILES string of the molecule is CC1=C(C(=O)Nc2ccc(C)c(Cl)c2)C(c2ccc3c(c2)OCCO3)n2nc(-c3ccncc3)nc2N1. The van der Waals surface area contributed by atoms with Gasteiger partial charge >= 0.3 is 0 Å². The van der Waals surface area contributed by atoms with Crippen molar-refractivity contribution in [3.8, 4) is 22.9 Å². The molecule has 1 unspecified atom stereocenters. The van der Waals surface area contributed by atoms with E-state index in [1.54, 1.807) is 23.1 Å². The van der Waals surface area contributed by atoms with Crippen molar-refractivity contribution in [1.82, 2.24) is 19.7 Å². The third-order valence-electron chi connectivity index (χ3n) is 6.35. The number of hydrogen-bond donors (Lipinski definition) is 2. The van der Waals surface area contributed by atoms with Crippen molar-refractivity contribution in [2.24, 2.45) is 0 Å². The Kier molecular flexibility index (Phi) is 5.77. The molecule has 4 aromatic rings. The topological polar surface area (TPSA) is 103 Å². The zero-order valence-electron chi connectivity index (χ0n) is 20.2. The second-order valence-electron chi connectivity index (χ2n) is 8.83. The van der Waals surface area contributed by atoms with Gasteiger partial charge in [0.25, 0.3) is 5.91 Å². The quantitative estimate of drug-likeness (QED) is 0.395. The van der Waals surface area contributed by atoms with Crippen LogP contribution in [-0.2, 0) is 4.79 Å². The van der Waals surface area contributed by atoms with Crippen LogP contribution in [0, 0.1) is 6.92 Å². The van der Waals surface area contributed by atoms with Crippen LogP contribution >= 0.6 is 11.6 Å². The van der Waals surface area contributed by atoms with Gasteiger partial charge in [0.05, 0.1) is 5.57 Å². The standard InChI is InChI=1S/C27H23ClN6O3/c1-15-3-5-19(14-20(15)28)31-26(35)23-16(2)30-27-32-25(17-7-9-29-10-8-17)33-34(27)24(23)18-4-6-21-22(13-18)37-12-11-36-21/h3-10,13-14,24H,11-12H2,1-2H3,(H,31,35)(H,30,32,33). The van der Waals surface area contributed by atoms with Crippen molar-refractivity contribution in [2.75, 3.05) is 23.8 Å². The summed E-state index contributed by atoms with van der Waals surface area (Å²) in [5.74, 6) is 2.06. The Morgan fingerprint density at radius 3 is 2.62 bits per heavy atom. The highest BCUT2D eigenvalue weighted by Crippen LogP contribution is 2.40. The third-order valence-corrected chi connectivity index (χ3v) is 6.75. The van der Waals surface area contributed by atoms with E-state index in [0.29, 0.717) is 58.5 Å². The number of halogens is 1. The van der Waals surface area contributed by atoms with E-state index in [4.69, 9.17) is 31.2 Å². The zero-order chi connectivity index (χ0) is 25.5. The lowest BCUT2D eigenvalue weighted by Gasteiger charge is -2.29. The average Bonchev–Trinajstić information content (AvgIpc) is 3.34. The first kappa shape index (κ1) is 23.1. The maximum atomic E-state index is 13.8. The molecule has 0 saturated carbocycles. The molecular weight excluding hydrogens is 492 g/mol. The number of benzene rings is 2. The van der Waals surface area contributed by atoms with E-state index in [9.17, 15) is 4.79 Å². The smallest absolute Gasteiger partial charge is 0.255 e. The first-order valence-electron chi connectivity index (χ1n) is 11.8. The fraction of sp³-hybridized carbons (Fsp3) is 0.185. The molecule has 2 aliphatic rings. The summed E-state index contributed by atoms with van der Waals surface area (Å²) in [4.78, 5) is 22.5. The summed E-state index contributed by atoms with van der Waals surface area (Å²) in [6.45, 7) is 4.72. The number of amides is 1. The number of aryl methyl sites for hydroxylation is 1. The molecular formula is C27H23ClN6O3. The monoisotopic (exact) mass is 514 g/mol. The van der Waals surface area contributed by atoms with E-state index in [2.05, 4.69) is 15.6 Å². The van der Waals surface area contributed by atoms with E-state index < -0.39 is 6.04 Å². The fourth-order valence-electron chi connectivity index (χ4n) is 4.48. The van der Waals surface area contributed by atoms with Crippen LogP contribution in [0.1, 0.15) is 24.1 Å². The lowest BCUT2D eigenvalue weighted by atomic mass is 9.94. The van der Waals surface area contributed by atoms with Crippen molar-refractivity contribution < 1.29 is 14.3 Å². The van der Waals surface area contributed by atoms with E-state index in [0.717, 1.165) is 16.7 Å². The molecule has 10 heteroatoms. The summed E-state index contributed by atoms with van der Waals surface area (Å²) < 4.78 is 13.3. The number of aromatic nitrogens is 4. The van der Waals surface area contributed by atoms with Gasteiger partial charge in [0.1, 0.15) is 19.3 Å². The van der Waals surface area contributed by atoms with Crippen LogP contribution in [0.4, 0.5) is 11.6 Å². The number of allylic oxidation sites excluding steroid dienone is 1. The molecule has 6 rings (SSSR count). The molecule has 1 amide bonds. The molecule has 2 aliphatic heterocycles. The molecule has 186 valence electrons. The Hall–Kier alpha value is -4.37. The zero-order valence-corrected chi connectivity index (χ0v) is 20.9. The van der Waals surface area contributed by atoms with Gasteiger partial charge in [0.15, 0.2) is 17.3 Å². The summed E-state index contributed by atoms with van der Waals surface area (Å²) in [7, 11) is 0. The van der Waals surface area contributed by atoms with Crippen LogP contribution in [-0.4, -0.2) is 38.9 Å². The highest BCUT2D eigenvalue weighted by atomic mass is 35.5. The number of carbonyl (C=O) groups excluding carboxylic acids is 1. The number of hydrogen-bond acceptors (Lipinski definition) is 7. The molecule has 2 N–H and O–H groups in total. The minimum atomic E-state index is -0.573. The Morgan fingerprint density at radius 1 is 1.05 bits per heavy atom. The Bertz CT molecular complexity index is 1550. The number of rotatable bonds is 4. The van der Waals surface area contributed by atoms with Crippen LogP contribution in [0.5, 0.6) is 11.5 Å². The lowest BCUT2D eigenvalue weighted by molar-refractivity contribution is -0.113. The van der Waals surface area contributed by atoms with Gasteiger partial charge in [0, 0.05) is 34.4 Å². The van der Waals surface area contributed by atoms with Gasteiger partial charge in [-0.15, -0.1) is 5.10 Å². The highest BCUT2D eigenvalue weighted by molar-refractivity contribution is 6.31. The minimum absolute atomic E-state index is 0.281. The summed E-state index contributed by atoms with van der Waals surface area (Å²) in [5, 5.41) is 11.6. The molecule has 0 spiro atoms. The molecule has 37 heavy (non-hydrogen) atoms. The van der Waals surface area contributed by atoms with Crippen LogP contribution in [0.15, 0.2) is 72.2 Å². The van der Waals surface area contributed by atoms with Crippen molar-refractivity contribution in [1.29, 1.82) is 0 Å². The molecule has 0 fully saturated rings. The van der Waals surface area contributed by atoms with Crippen molar-refractivity contribution >= 4 is 29.1 Å². The number of ether oxygens (including phenoxy) is 2. The minimum Gasteiger partial charge on any atom is -0.486 e. The number of carbonyl (C=O) groups is 1. The Labute approximate surface area is 218 Å². The van der Waals surface area contributed by atoms with E-state index >= 15 is 0 Å². The average molecular weight is 515 g/mol. The Morgan fingerprint density at radius 2 is 1.84 bits per heavy atom. The first-order valence-corrected chi connectivity index (χ1v) is 12.2. The molecule has 0 saturated heterocycles. The molecule has 2 aromatic carbocycles. The van der Waals surface area contributed by atoms with Gasteiger partial charge < -0.3 is 20.1 Å². The van der Waals surface area contributed by atoms with Gasteiger partial charge in [-0.3, -0.25) is 9.78 Å². The summed E-state index contributed by atoms with van der Waals surface area (Å²) in [5.41, 5.74) is 4.31. The van der Waals surface area contributed by atoms with Crippen molar-refractivity contribution in [2.45, 2.75) is 19.9 Å². The predicted molar refractivity (Wildman–Crippen MR) is 140 cm³/mol. The lowest BCUT2D eigenvalue weighted by Crippen LogP contribution is -2.31. The van der Waals surface area contributed by atoms with E-state index in [1.165, 1.54) is 0 Å². The molecule has 9 nitrogen and oxygen atoms in total. The van der Waals surface area contributed by atoms with Gasteiger partial charge in [-0.05, 0) is 61.4 Å². The van der Waals surface area contributed by atoms with E-state index in [-0.39, 0.29) is 5.91 Å². The van der Waals surface area contributed by atoms with Crippen molar-refractivity contribution in [3.05, 3.63) is 88.3 Å². The number of nitrogens with one attached hydrogen (secondary N) is 2. The Balaban J connectivity index is 1.45. The van der Waals surface area contributed by atoms with E-state index in [1.807, 2.05) is 56.3 Å². The third kappa shape index (κ3) is 4.27. The van der Waals surface area contributed by atoms with Gasteiger partial charge in [-0.2, -0.15) is 4.98 Å². The first-order chi connectivity index (χ1) is 18.0. The highest BCUT2D eigenvalue weighted by Gasteiger charge is 2.35. The van der Waals surface area contributed by atoms with Crippen LogP contribution < -0.4 is 20.1 Å². The normalized spacial score (nSPS) is 16.1. The number of pyridine rings is 1. The molecule has 0 bridgehead atoms. The van der Waals surface area contributed by atoms with Gasteiger partial charge in [-0.1, -0.05) is 23.7 Å². The maximum absolute atomic E-state index is 13.8.